The van der Waals surface area contributed by atoms with Crippen LogP contribution in [0.15, 0.2) is 30.3 Å². The van der Waals surface area contributed by atoms with Crippen molar-refractivity contribution in [3.8, 4) is 0 Å². The van der Waals surface area contributed by atoms with Gasteiger partial charge in [-0.3, -0.25) is 0 Å². The molecular weight excluding hydrogens is 178 g/mol. The molecule has 1 heterocycles. The van der Waals surface area contributed by atoms with Crippen LogP contribution >= 0.6 is 0 Å². The highest BCUT2D eigenvalue weighted by Gasteiger charge is 2.36. The smallest absolute Gasteiger partial charge is 0.410 e. The Morgan fingerprint density at radius 2 is 1.93 bits per heavy atom. The van der Waals surface area contributed by atoms with Gasteiger partial charge in [0.2, 0.25) is 0 Å². The second-order valence-corrected chi connectivity index (χ2v) is 3.57. The number of hydrogen-bond donors (Lipinski definition) is 0. The first kappa shape index (κ1) is 9.06. The van der Waals surface area contributed by atoms with Gasteiger partial charge >= 0.3 is 6.09 Å². The van der Waals surface area contributed by atoms with Crippen molar-refractivity contribution in [2.45, 2.75) is 19.1 Å². The number of benzene rings is 1. The van der Waals surface area contributed by atoms with Gasteiger partial charge in [-0.15, -0.1) is 0 Å². The van der Waals surface area contributed by atoms with Crippen molar-refractivity contribution in [3.63, 3.8) is 0 Å². The van der Waals surface area contributed by atoms with E-state index in [9.17, 15) is 4.79 Å². The molecule has 0 unspecified atom stereocenters. The fourth-order valence-corrected chi connectivity index (χ4v) is 1.65. The summed E-state index contributed by atoms with van der Waals surface area (Å²) in [5.41, 5.74) is 1.05. The lowest BCUT2D eigenvalue weighted by Crippen LogP contribution is -2.27. The Morgan fingerprint density at radius 3 is 2.43 bits per heavy atom. The summed E-state index contributed by atoms with van der Waals surface area (Å²) in [5.74, 6) is 0. The quantitative estimate of drug-likeness (QED) is 0.681. The summed E-state index contributed by atoms with van der Waals surface area (Å²) in [4.78, 5) is 12.9. The summed E-state index contributed by atoms with van der Waals surface area (Å²) in [5, 5.41) is 0. The van der Waals surface area contributed by atoms with Crippen molar-refractivity contribution in [2.24, 2.45) is 0 Å². The summed E-state index contributed by atoms with van der Waals surface area (Å²) in [7, 11) is 1.76. The number of rotatable bonds is 1. The van der Waals surface area contributed by atoms with Crippen molar-refractivity contribution >= 4 is 6.09 Å². The van der Waals surface area contributed by atoms with Crippen LogP contribution in [0.25, 0.3) is 0 Å². The zero-order valence-electron chi connectivity index (χ0n) is 8.31. The molecule has 0 saturated carbocycles. The Labute approximate surface area is 83.3 Å². The van der Waals surface area contributed by atoms with Gasteiger partial charge in [0.25, 0.3) is 0 Å². The molecule has 0 N–H and O–H groups in total. The van der Waals surface area contributed by atoms with E-state index in [2.05, 4.69) is 0 Å². The van der Waals surface area contributed by atoms with E-state index in [1.54, 1.807) is 11.9 Å². The predicted octanol–water partition coefficient (Wildman–Crippen LogP) is 2.20. The molecule has 3 heteroatoms. The van der Waals surface area contributed by atoms with Crippen LogP contribution in [0.5, 0.6) is 0 Å². The van der Waals surface area contributed by atoms with Crippen LogP contribution in [-0.4, -0.2) is 24.1 Å². The standard InChI is InChI=1S/C11H13NO2/c1-8-10(14-11(13)12(8)2)9-6-4-3-5-7-9/h3-8,10H,1-2H3/t8-,10+/m0/s1. The lowest BCUT2D eigenvalue weighted by molar-refractivity contribution is 0.131. The first-order valence-electron chi connectivity index (χ1n) is 4.68. The van der Waals surface area contributed by atoms with E-state index in [1.165, 1.54) is 0 Å². The highest BCUT2D eigenvalue weighted by molar-refractivity contribution is 5.70. The van der Waals surface area contributed by atoms with Gasteiger partial charge in [-0.2, -0.15) is 0 Å². The first-order chi connectivity index (χ1) is 6.70. The van der Waals surface area contributed by atoms with Crippen LogP contribution in [-0.2, 0) is 4.74 Å². The molecule has 0 aliphatic carbocycles. The Morgan fingerprint density at radius 1 is 1.29 bits per heavy atom. The second kappa shape index (κ2) is 3.33. The summed E-state index contributed by atoms with van der Waals surface area (Å²) in [6.07, 6.45) is -0.375. The minimum absolute atomic E-state index is 0.102. The maximum atomic E-state index is 11.3. The van der Waals surface area contributed by atoms with E-state index in [-0.39, 0.29) is 18.2 Å². The molecule has 14 heavy (non-hydrogen) atoms. The molecule has 1 aromatic carbocycles. The molecule has 1 aromatic rings. The van der Waals surface area contributed by atoms with E-state index >= 15 is 0 Å². The number of nitrogens with zero attached hydrogens (tertiary/aromatic N) is 1. The maximum Gasteiger partial charge on any atom is 0.410 e. The fraction of sp³-hybridized carbons (Fsp3) is 0.364. The third-order valence-corrected chi connectivity index (χ3v) is 2.69. The summed E-state index contributed by atoms with van der Waals surface area (Å²) < 4.78 is 5.26. The Bertz CT molecular complexity index is 336. The molecule has 74 valence electrons. The molecular formula is C11H13NO2. The van der Waals surface area contributed by atoms with Crippen LogP contribution in [0.3, 0.4) is 0 Å². The number of carbonyl (C=O) groups excluding carboxylic acids is 1. The Kier molecular flexibility index (Phi) is 2.15. The maximum absolute atomic E-state index is 11.3. The monoisotopic (exact) mass is 191 g/mol. The summed E-state index contributed by atoms with van der Waals surface area (Å²) in [6, 6.07) is 9.92. The zero-order chi connectivity index (χ0) is 10.1. The van der Waals surface area contributed by atoms with Gasteiger partial charge in [0.05, 0.1) is 6.04 Å². The van der Waals surface area contributed by atoms with Crippen molar-refractivity contribution in [2.75, 3.05) is 7.05 Å². The van der Waals surface area contributed by atoms with Gasteiger partial charge in [0.1, 0.15) is 6.10 Å². The molecule has 0 spiro atoms. The number of cyclic esters (lactones) is 1. The average Bonchev–Trinajstić information content (AvgIpc) is 2.47. The molecule has 1 saturated heterocycles. The van der Waals surface area contributed by atoms with Crippen molar-refractivity contribution in [3.05, 3.63) is 35.9 Å². The average molecular weight is 191 g/mol. The Balaban J connectivity index is 2.26. The van der Waals surface area contributed by atoms with Gasteiger partial charge < -0.3 is 9.64 Å². The lowest BCUT2D eigenvalue weighted by Gasteiger charge is -2.16. The topological polar surface area (TPSA) is 29.5 Å². The van der Waals surface area contributed by atoms with Crippen LogP contribution in [0.4, 0.5) is 4.79 Å². The van der Waals surface area contributed by atoms with Gasteiger partial charge in [-0.05, 0) is 12.5 Å². The number of ether oxygens (including phenoxy) is 1. The molecule has 0 bridgehead atoms. The molecule has 2 atom stereocenters. The van der Waals surface area contributed by atoms with Crippen LogP contribution in [0, 0.1) is 0 Å². The van der Waals surface area contributed by atoms with E-state index in [0.29, 0.717) is 0 Å². The number of carbonyl (C=O) groups is 1. The molecule has 0 aromatic heterocycles. The molecule has 3 nitrogen and oxygen atoms in total. The van der Waals surface area contributed by atoms with E-state index in [4.69, 9.17) is 4.74 Å². The number of amides is 1. The SMILES string of the molecule is C[C@H]1[C@H](c2ccccc2)OC(=O)N1C. The summed E-state index contributed by atoms with van der Waals surface area (Å²) >= 11 is 0. The van der Waals surface area contributed by atoms with Gasteiger partial charge in [0, 0.05) is 7.05 Å². The van der Waals surface area contributed by atoms with Crippen LogP contribution in [0.2, 0.25) is 0 Å². The molecule has 1 aliphatic heterocycles. The highest BCUT2D eigenvalue weighted by atomic mass is 16.6. The minimum atomic E-state index is -0.244. The van der Waals surface area contributed by atoms with Gasteiger partial charge in [0.15, 0.2) is 0 Å². The van der Waals surface area contributed by atoms with E-state index in [0.717, 1.165) is 5.56 Å². The summed E-state index contributed by atoms with van der Waals surface area (Å²) in [6.45, 7) is 1.99. The Hall–Kier alpha value is -1.51. The normalized spacial score (nSPS) is 26.4. The fourth-order valence-electron chi connectivity index (χ4n) is 1.65. The third kappa shape index (κ3) is 1.35. The van der Waals surface area contributed by atoms with E-state index < -0.39 is 0 Å². The second-order valence-electron chi connectivity index (χ2n) is 3.57. The zero-order valence-corrected chi connectivity index (χ0v) is 8.31. The lowest BCUT2D eigenvalue weighted by atomic mass is 10.0. The largest absolute Gasteiger partial charge is 0.439 e. The van der Waals surface area contributed by atoms with Crippen LogP contribution < -0.4 is 0 Å². The molecule has 1 amide bonds. The minimum Gasteiger partial charge on any atom is -0.439 e. The molecule has 0 radical (unpaired) electrons. The van der Waals surface area contributed by atoms with Crippen LogP contribution in [0.1, 0.15) is 18.6 Å². The third-order valence-electron chi connectivity index (χ3n) is 2.69. The molecule has 1 aliphatic rings. The number of hydrogen-bond acceptors (Lipinski definition) is 2. The predicted molar refractivity (Wildman–Crippen MR) is 52.9 cm³/mol. The van der Waals surface area contributed by atoms with Gasteiger partial charge in [-0.1, -0.05) is 30.3 Å². The van der Waals surface area contributed by atoms with Crippen molar-refractivity contribution < 1.29 is 9.53 Å². The van der Waals surface area contributed by atoms with Crippen molar-refractivity contribution in [1.82, 2.24) is 4.90 Å². The highest BCUT2D eigenvalue weighted by Crippen LogP contribution is 2.30. The number of likely N-dealkylation sites (N-methyl/N-ethyl adjacent to an activating group) is 1. The van der Waals surface area contributed by atoms with Crippen molar-refractivity contribution in [1.29, 1.82) is 0 Å². The molecule has 2 rings (SSSR count). The first-order valence-corrected chi connectivity index (χ1v) is 4.68. The molecule has 1 fully saturated rings. The van der Waals surface area contributed by atoms with Gasteiger partial charge in [-0.25, -0.2) is 4.79 Å². The van der Waals surface area contributed by atoms with E-state index in [1.807, 2.05) is 37.3 Å².